The Labute approximate surface area is 188 Å². The third-order valence-corrected chi connectivity index (χ3v) is 5.73. The van der Waals surface area contributed by atoms with E-state index in [1.54, 1.807) is 49.1 Å². The van der Waals surface area contributed by atoms with Crippen molar-refractivity contribution in [3.63, 3.8) is 0 Å². The molecule has 2 N–H and O–H groups in total. The zero-order valence-electron chi connectivity index (χ0n) is 16.7. The molecule has 0 aliphatic carbocycles. The van der Waals surface area contributed by atoms with Crippen molar-refractivity contribution in [2.45, 2.75) is 6.92 Å². The predicted molar refractivity (Wildman–Crippen MR) is 123 cm³/mol. The van der Waals surface area contributed by atoms with Gasteiger partial charge in [0.1, 0.15) is 10.6 Å². The number of nitrogens with zero attached hydrogens (tertiary/aromatic N) is 3. The standard InChI is InChI=1S/C22H18ClN5O2S/c1-13-12-14(27-20(29)19-16(23)8-11-31-19)5-6-18(13)30-21-15(4-3-9-25-21)17-7-10-26-22(24-2)28-17/h3-12H,1-2H3,(H,27,29)(H,24,26,28). The quantitative estimate of drug-likeness (QED) is 0.394. The van der Waals surface area contributed by atoms with Crippen LogP contribution in [0.4, 0.5) is 11.6 Å². The van der Waals surface area contributed by atoms with E-state index in [9.17, 15) is 4.79 Å². The number of halogens is 1. The van der Waals surface area contributed by atoms with Crippen molar-refractivity contribution in [3.8, 4) is 22.9 Å². The Bertz CT molecular complexity index is 1240. The number of hydrogen-bond acceptors (Lipinski definition) is 7. The van der Waals surface area contributed by atoms with Crippen LogP contribution in [-0.2, 0) is 0 Å². The summed E-state index contributed by atoms with van der Waals surface area (Å²) in [6, 6.07) is 12.6. The van der Waals surface area contributed by atoms with Crippen molar-refractivity contribution in [2.75, 3.05) is 17.7 Å². The van der Waals surface area contributed by atoms with E-state index in [2.05, 4.69) is 25.6 Å². The van der Waals surface area contributed by atoms with Gasteiger partial charge in [0.25, 0.3) is 5.91 Å². The van der Waals surface area contributed by atoms with Gasteiger partial charge >= 0.3 is 0 Å². The summed E-state index contributed by atoms with van der Waals surface area (Å²) in [5.74, 6) is 1.31. The largest absolute Gasteiger partial charge is 0.438 e. The molecule has 1 amide bonds. The van der Waals surface area contributed by atoms with Crippen LogP contribution >= 0.6 is 22.9 Å². The van der Waals surface area contributed by atoms with Crippen LogP contribution in [0, 0.1) is 6.92 Å². The number of aryl methyl sites for hydroxylation is 1. The van der Waals surface area contributed by atoms with Gasteiger partial charge in [0, 0.05) is 25.1 Å². The number of carbonyl (C=O) groups excluding carboxylic acids is 1. The minimum atomic E-state index is -0.246. The summed E-state index contributed by atoms with van der Waals surface area (Å²) < 4.78 is 6.10. The number of nitrogens with one attached hydrogen (secondary N) is 2. The van der Waals surface area contributed by atoms with Gasteiger partial charge in [-0.25, -0.2) is 15.0 Å². The molecular formula is C22H18ClN5O2S. The Balaban J connectivity index is 1.57. The van der Waals surface area contributed by atoms with Crippen LogP contribution in [0.5, 0.6) is 11.6 Å². The van der Waals surface area contributed by atoms with Gasteiger partial charge in [0.05, 0.1) is 16.3 Å². The summed E-state index contributed by atoms with van der Waals surface area (Å²) in [6.07, 6.45) is 3.33. The van der Waals surface area contributed by atoms with Crippen molar-refractivity contribution >= 4 is 40.5 Å². The van der Waals surface area contributed by atoms with Gasteiger partial charge in [-0.1, -0.05) is 11.6 Å². The van der Waals surface area contributed by atoms with Crippen LogP contribution in [0.2, 0.25) is 5.02 Å². The number of amides is 1. The molecule has 156 valence electrons. The van der Waals surface area contributed by atoms with E-state index in [0.29, 0.717) is 38.9 Å². The van der Waals surface area contributed by atoms with Crippen molar-refractivity contribution in [1.82, 2.24) is 15.0 Å². The van der Waals surface area contributed by atoms with E-state index in [4.69, 9.17) is 16.3 Å². The lowest BCUT2D eigenvalue weighted by atomic mass is 10.1. The number of aromatic nitrogens is 3. The summed E-state index contributed by atoms with van der Waals surface area (Å²) in [7, 11) is 1.76. The highest BCUT2D eigenvalue weighted by molar-refractivity contribution is 7.12. The Hall–Kier alpha value is -3.49. The summed E-state index contributed by atoms with van der Waals surface area (Å²) in [6.45, 7) is 1.90. The maximum Gasteiger partial charge on any atom is 0.267 e. The average Bonchev–Trinajstić information content (AvgIpc) is 3.22. The first kappa shape index (κ1) is 20.8. The van der Waals surface area contributed by atoms with Crippen LogP contribution < -0.4 is 15.4 Å². The fourth-order valence-electron chi connectivity index (χ4n) is 2.89. The van der Waals surface area contributed by atoms with Crippen LogP contribution in [-0.4, -0.2) is 27.9 Å². The van der Waals surface area contributed by atoms with Gasteiger partial charge in [-0.15, -0.1) is 11.3 Å². The molecule has 0 saturated heterocycles. The van der Waals surface area contributed by atoms with E-state index in [1.807, 2.05) is 25.1 Å². The Morgan fingerprint density at radius 1 is 1.13 bits per heavy atom. The van der Waals surface area contributed by atoms with Gasteiger partial charge in [-0.05, 0) is 60.3 Å². The van der Waals surface area contributed by atoms with Gasteiger partial charge in [-0.2, -0.15) is 0 Å². The van der Waals surface area contributed by atoms with Gasteiger partial charge < -0.3 is 15.4 Å². The smallest absolute Gasteiger partial charge is 0.267 e. The maximum absolute atomic E-state index is 12.4. The number of pyridine rings is 1. The first-order valence-electron chi connectivity index (χ1n) is 9.34. The highest BCUT2D eigenvalue weighted by Crippen LogP contribution is 2.33. The lowest BCUT2D eigenvalue weighted by molar-refractivity contribution is 0.103. The Kier molecular flexibility index (Phi) is 6.11. The maximum atomic E-state index is 12.4. The molecule has 0 atom stereocenters. The molecule has 0 aliphatic heterocycles. The fourth-order valence-corrected chi connectivity index (χ4v) is 3.92. The third kappa shape index (κ3) is 4.65. The van der Waals surface area contributed by atoms with E-state index in [-0.39, 0.29) is 5.91 Å². The van der Waals surface area contributed by atoms with Gasteiger partial charge in [0.15, 0.2) is 0 Å². The number of ether oxygens (including phenoxy) is 1. The molecule has 0 fully saturated rings. The molecule has 0 saturated carbocycles. The topological polar surface area (TPSA) is 89.0 Å². The Morgan fingerprint density at radius 2 is 2.00 bits per heavy atom. The molecule has 0 bridgehead atoms. The predicted octanol–water partition coefficient (Wildman–Crippen LogP) is 5.65. The molecule has 4 rings (SSSR count). The monoisotopic (exact) mass is 451 g/mol. The summed E-state index contributed by atoms with van der Waals surface area (Å²) in [5, 5.41) is 8.00. The first-order chi connectivity index (χ1) is 15.0. The fraction of sp³-hybridized carbons (Fsp3) is 0.0909. The van der Waals surface area contributed by atoms with E-state index >= 15 is 0 Å². The zero-order valence-corrected chi connectivity index (χ0v) is 18.3. The average molecular weight is 452 g/mol. The normalized spacial score (nSPS) is 10.5. The van der Waals surface area contributed by atoms with Crippen LogP contribution in [0.25, 0.3) is 11.3 Å². The van der Waals surface area contributed by atoms with Crippen molar-refractivity contribution in [2.24, 2.45) is 0 Å². The molecular weight excluding hydrogens is 434 g/mol. The van der Waals surface area contributed by atoms with E-state index in [1.165, 1.54) is 11.3 Å². The minimum absolute atomic E-state index is 0.246. The SMILES string of the molecule is CNc1nccc(-c2cccnc2Oc2ccc(NC(=O)c3sccc3Cl)cc2C)n1. The Morgan fingerprint density at radius 3 is 2.74 bits per heavy atom. The summed E-state index contributed by atoms with van der Waals surface area (Å²) >= 11 is 7.34. The van der Waals surface area contributed by atoms with Crippen LogP contribution in [0.15, 0.2) is 60.2 Å². The molecule has 1 aromatic carbocycles. The number of benzene rings is 1. The lowest BCUT2D eigenvalue weighted by Gasteiger charge is -2.13. The van der Waals surface area contributed by atoms with E-state index < -0.39 is 0 Å². The number of carbonyl (C=O) groups is 1. The van der Waals surface area contributed by atoms with Gasteiger partial charge in [-0.3, -0.25) is 4.79 Å². The van der Waals surface area contributed by atoms with Gasteiger partial charge in [0.2, 0.25) is 11.8 Å². The molecule has 0 aliphatic rings. The number of hydrogen-bond donors (Lipinski definition) is 2. The molecule has 31 heavy (non-hydrogen) atoms. The van der Waals surface area contributed by atoms with E-state index in [0.717, 1.165) is 11.1 Å². The lowest BCUT2D eigenvalue weighted by Crippen LogP contribution is -2.10. The third-order valence-electron chi connectivity index (χ3n) is 4.39. The summed E-state index contributed by atoms with van der Waals surface area (Å²) in [4.78, 5) is 25.9. The highest BCUT2D eigenvalue weighted by atomic mass is 35.5. The molecule has 3 aromatic heterocycles. The second kappa shape index (κ2) is 9.11. The summed E-state index contributed by atoms with van der Waals surface area (Å²) in [5.41, 5.74) is 2.92. The molecule has 9 heteroatoms. The van der Waals surface area contributed by atoms with Crippen molar-refractivity contribution < 1.29 is 9.53 Å². The highest BCUT2D eigenvalue weighted by Gasteiger charge is 2.15. The second-order valence-electron chi connectivity index (χ2n) is 6.51. The van der Waals surface area contributed by atoms with Crippen LogP contribution in [0.1, 0.15) is 15.2 Å². The first-order valence-corrected chi connectivity index (χ1v) is 10.6. The zero-order chi connectivity index (χ0) is 21.8. The van der Waals surface area contributed by atoms with Crippen molar-refractivity contribution in [1.29, 1.82) is 0 Å². The van der Waals surface area contributed by atoms with Crippen LogP contribution in [0.3, 0.4) is 0 Å². The molecule has 4 aromatic rings. The molecule has 0 radical (unpaired) electrons. The molecule has 0 unspecified atom stereocenters. The number of thiophene rings is 1. The van der Waals surface area contributed by atoms with Crippen molar-refractivity contribution in [3.05, 3.63) is 75.7 Å². The second-order valence-corrected chi connectivity index (χ2v) is 7.83. The molecule has 0 spiro atoms. The molecule has 7 nitrogen and oxygen atoms in total. The molecule has 3 heterocycles. The number of rotatable bonds is 6. The number of anilines is 2. The minimum Gasteiger partial charge on any atom is -0.438 e.